The molecular formula is C16H22BrClN6. The molecule has 0 radical (unpaired) electrons. The first-order valence-corrected chi connectivity index (χ1v) is 9.04. The Labute approximate surface area is 156 Å². The SMILES string of the molecule is Brc1ccc(CN2CCC(c3nnc4n3CCNC4)CC2)nc1.Cl. The van der Waals surface area contributed by atoms with Gasteiger partial charge in [-0.15, -0.1) is 22.6 Å². The molecule has 2 aromatic heterocycles. The molecule has 0 bridgehead atoms. The van der Waals surface area contributed by atoms with Crippen LogP contribution in [0.2, 0.25) is 0 Å². The van der Waals surface area contributed by atoms with Crippen molar-refractivity contribution in [1.29, 1.82) is 0 Å². The minimum atomic E-state index is 0. The Bertz CT molecular complexity index is 666. The molecule has 0 amide bonds. The normalized spacial score (nSPS) is 18.9. The lowest BCUT2D eigenvalue weighted by Gasteiger charge is -2.31. The van der Waals surface area contributed by atoms with Crippen molar-refractivity contribution in [2.45, 2.75) is 38.4 Å². The maximum Gasteiger partial charge on any atom is 0.147 e. The van der Waals surface area contributed by atoms with Gasteiger partial charge in [0.1, 0.15) is 11.6 Å². The molecule has 6 nitrogen and oxygen atoms in total. The zero-order valence-electron chi connectivity index (χ0n) is 13.5. The molecule has 1 saturated heterocycles. The van der Waals surface area contributed by atoms with E-state index in [0.29, 0.717) is 5.92 Å². The summed E-state index contributed by atoms with van der Waals surface area (Å²) in [5.41, 5.74) is 1.14. The molecule has 8 heteroatoms. The molecule has 4 rings (SSSR count). The summed E-state index contributed by atoms with van der Waals surface area (Å²) in [6.07, 6.45) is 4.18. The van der Waals surface area contributed by atoms with Crippen molar-refractivity contribution >= 4 is 28.3 Å². The van der Waals surface area contributed by atoms with Crippen LogP contribution in [0.3, 0.4) is 0 Å². The van der Waals surface area contributed by atoms with Crippen LogP contribution in [0.5, 0.6) is 0 Å². The molecule has 0 spiro atoms. The number of hydrogen-bond acceptors (Lipinski definition) is 5. The summed E-state index contributed by atoms with van der Waals surface area (Å²) >= 11 is 3.43. The van der Waals surface area contributed by atoms with Crippen molar-refractivity contribution < 1.29 is 0 Å². The number of nitrogens with zero attached hydrogens (tertiary/aromatic N) is 5. The summed E-state index contributed by atoms with van der Waals surface area (Å²) in [4.78, 5) is 6.96. The van der Waals surface area contributed by atoms with Crippen LogP contribution in [0.15, 0.2) is 22.8 Å². The van der Waals surface area contributed by atoms with E-state index < -0.39 is 0 Å². The second-order valence-corrected chi connectivity index (χ2v) is 7.24. The first-order chi connectivity index (χ1) is 11.3. The maximum absolute atomic E-state index is 4.48. The first-order valence-electron chi connectivity index (χ1n) is 8.25. The lowest BCUT2D eigenvalue weighted by Crippen LogP contribution is -2.35. The summed E-state index contributed by atoms with van der Waals surface area (Å²) in [6.45, 7) is 6.00. The van der Waals surface area contributed by atoms with Crippen LogP contribution < -0.4 is 5.32 Å². The van der Waals surface area contributed by atoms with Gasteiger partial charge in [-0.3, -0.25) is 9.88 Å². The largest absolute Gasteiger partial charge is 0.312 e. The number of nitrogens with one attached hydrogen (secondary N) is 1. The average molecular weight is 414 g/mol. The number of rotatable bonds is 3. The van der Waals surface area contributed by atoms with Crippen molar-refractivity contribution in [2.75, 3.05) is 19.6 Å². The standard InChI is InChI=1S/C16H21BrN6.ClH/c17-13-1-2-14(19-9-13)11-22-6-3-12(4-7-22)16-21-20-15-10-18-5-8-23(15)16;/h1-2,9,12,18H,3-8,10-11H2;1H. The molecule has 2 aliphatic heterocycles. The van der Waals surface area contributed by atoms with Crippen LogP contribution in [0.25, 0.3) is 0 Å². The van der Waals surface area contributed by atoms with Crippen molar-refractivity contribution in [2.24, 2.45) is 0 Å². The minimum absolute atomic E-state index is 0. The van der Waals surface area contributed by atoms with E-state index in [4.69, 9.17) is 0 Å². The monoisotopic (exact) mass is 412 g/mol. The van der Waals surface area contributed by atoms with Crippen LogP contribution in [0.4, 0.5) is 0 Å². The first kappa shape index (κ1) is 17.8. The molecule has 2 aliphatic rings. The average Bonchev–Trinajstić information content (AvgIpc) is 3.02. The van der Waals surface area contributed by atoms with E-state index >= 15 is 0 Å². The molecule has 24 heavy (non-hydrogen) atoms. The Morgan fingerprint density at radius 3 is 2.75 bits per heavy atom. The Hall–Kier alpha value is -1.02. The van der Waals surface area contributed by atoms with Crippen molar-refractivity contribution in [1.82, 2.24) is 30.0 Å². The molecule has 4 heterocycles. The fourth-order valence-electron chi connectivity index (χ4n) is 3.49. The molecule has 0 saturated carbocycles. The van der Waals surface area contributed by atoms with Gasteiger partial charge in [-0.2, -0.15) is 0 Å². The third kappa shape index (κ3) is 3.79. The lowest BCUT2D eigenvalue weighted by molar-refractivity contribution is 0.197. The molecule has 0 aromatic carbocycles. The number of halogens is 2. The third-order valence-corrected chi connectivity index (χ3v) is 5.25. The Morgan fingerprint density at radius 1 is 1.17 bits per heavy atom. The third-order valence-electron chi connectivity index (χ3n) is 4.78. The predicted molar refractivity (Wildman–Crippen MR) is 98.2 cm³/mol. The lowest BCUT2D eigenvalue weighted by atomic mass is 9.95. The van der Waals surface area contributed by atoms with Crippen LogP contribution in [-0.2, 0) is 19.6 Å². The maximum atomic E-state index is 4.48. The Balaban J connectivity index is 0.00000169. The summed E-state index contributed by atoms with van der Waals surface area (Å²) < 4.78 is 3.36. The summed E-state index contributed by atoms with van der Waals surface area (Å²) in [5, 5.41) is 12.2. The van der Waals surface area contributed by atoms with E-state index in [9.17, 15) is 0 Å². The molecule has 0 unspecified atom stereocenters. The number of pyridine rings is 1. The minimum Gasteiger partial charge on any atom is -0.312 e. The fraction of sp³-hybridized carbons (Fsp3) is 0.562. The highest BCUT2D eigenvalue weighted by Gasteiger charge is 2.27. The van der Waals surface area contributed by atoms with E-state index in [1.54, 1.807) is 0 Å². The highest BCUT2D eigenvalue weighted by molar-refractivity contribution is 9.10. The quantitative estimate of drug-likeness (QED) is 0.837. The zero-order valence-corrected chi connectivity index (χ0v) is 15.9. The number of piperidine rings is 1. The van der Waals surface area contributed by atoms with Crippen molar-refractivity contribution in [3.8, 4) is 0 Å². The van der Waals surface area contributed by atoms with Crippen LogP contribution in [0.1, 0.15) is 36.1 Å². The van der Waals surface area contributed by atoms with Gasteiger partial charge in [-0.25, -0.2) is 0 Å². The number of hydrogen-bond donors (Lipinski definition) is 1. The van der Waals surface area contributed by atoms with Gasteiger partial charge in [-0.05, 0) is 54.0 Å². The zero-order chi connectivity index (χ0) is 15.6. The smallest absolute Gasteiger partial charge is 0.147 e. The van der Waals surface area contributed by atoms with Gasteiger partial charge in [0.2, 0.25) is 0 Å². The second-order valence-electron chi connectivity index (χ2n) is 6.32. The van der Waals surface area contributed by atoms with E-state index in [1.807, 2.05) is 6.20 Å². The van der Waals surface area contributed by atoms with Gasteiger partial charge in [0, 0.05) is 36.2 Å². The highest BCUT2D eigenvalue weighted by atomic mass is 79.9. The van der Waals surface area contributed by atoms with Gasteiger partial charge in [-0.1, -0.05) is 0 Å². The molecule has 130 valence electrons. The van der Waals surface area contributed by atoms with E-state index in [2.05, 4.69) is 58.0 Å². The van der Waals surface area contributed by atoms with Gasteiger partial charge >= 0.3 is 0 Å². The molecule has 2 aromatic rings. The van der Waals surface area contributed by atoms with Gasteiger partial charge in [0.25, 0.3) is 0 Å². The molecular weight excluding hydrogens is 392 g/mol. The van der Waals surface area contributed by atoms with Gasteiger partial charge in [0.05, 0.1) is 12.2 Å². The van der Waals surface area contributed by atoms with Crippen LogP contribution in [-0.4, -0.2) is 44.3 Å². The van der Waals surface area contributed by atoms with Gasteiger partial charge in [0.15, 0.2) is 0 Å². The molecule has 1 N–H and O–H groups in total. The molecule has 0 aliphatic carbocycles. The summed E-state index contributed by atoms with van der Waals surface area (Å²) in [5.74, 6) is 2.83. The fourth-order valence-corrected chi connectivity index (χ4v) is 3.73. The predicted octanol–water partition coefficient (Wildman–Crippen LogP) is 2.34. The highest BCUT2D eigenvalue weighted by Crippen LogP contribution is 2.28. The van der Waals surface area contributed by atoms with E-state index in [0.717, 1.165) is 68.1 Å². The Morgan fingerprint density at radius 2 is 2.00 bits per heavy atom. The topological polar surface area (TPSA) is 58.9 Å². The van der Waals surface area contributed by atoms with E-state index in [1.165, 1.54) is 5.82 Å². The van der Waals surface area contributed by atoms with Crippen molar-refractivity contribution in [3.05, 3.63) is 40.1 Å². The van der Waals surface area contributed by atoms with Crippen LogP contribution >= 0.6 is 28.3 Å². The number of fused-ring (bicyclic) bond motifs is 1. The molecule has 1 fully saturated rings. The number of aromatic nitrogens is 4. The Kier molecular flexibility index (Phi) is 5.86. The van der Waals surface area contributed by atoms with Crippen LogP contribution in [0, 0.1) is 0 Å². The molecule has 0 atom stereocenters. The van der Waals surface area contributed by atoms with Crippen molar-refractivity contribution in [3.63, 3.8) is 0 Å². The van der Waals surface area contributed by atoms with Gasteiger partial charge < -0.3 is 9.88 Å². The summed E-state index contributed by atoms with van der Waals surface area (Å²) in [6, 6.07) is 4.16. The van der Waals surface area contributed by atoms with E-state index in [-0.39, 0.29) is 12.4 Å². The number of likely N-dealkylation sites (tertiary alicyclic amines) is 1. The summed E-state index contributed by atoms with van der Waals surface area (Å²) in [7, 11) is 0. The second kappa shape index (κ2) is 7.91.